The number of carbonyl (C=O) groups is 2. The van der Waals surface area contributed by atoms with Crippen molar-refractivity contribution in [2.24, 2.45) is 22.7 Å². The lowest BCUT2D eigenvalue weighted by Crippen LogP contribution is -2.69. The number of hydrogen-bond acceptors (Lipinski definition) is 5. The monoisotopic (exact) mass is 378 g/mol. The van der Waals surface area contributed by atoms with E-state index in [1.807, 2.05) is 0 Å². The van der Waals surface area contributed by atoms with Crippen molar-refractivity contribution in [3.8, 4) is 0 Å². The number of aliphatic hydroxyl groups excluding tert-OH is 2. The molecule has 3 saturated carbocycles. The van der Waals surface area contributed by atoms with Gasteiger partial charge in [0.15, 0.2) is 17.2 Å². The van der Waals surface area contributed by atoms with E-state index in [2.05, 4.69) is 0 Å². The number of aliphatic hydroxyl groups is 3. The molecule has 0 aliphatic heterocycles. The summed E-state index contributed by atoms with van der Waals surface area (Å²) in [4.78, 5) is 24.1. The van der Waals surface area contributed by atoms with Crippen molar-refractivity contribution in [1.29, 1.82) is 0 Å². The number of rotatable bonds is 2. The van der Waals surface area contributed by atoms with Crippen molar-refractivity contribution < 1.29 is 29.3 Å². The maximum Gasteiger partial charge on any atom is 0.190 e. The first-order valence-electron chi connectivity index (χ1n) is 9.72. The fraction of sp³-hybridized carbons (Fsp3) is 0.714. The summed E-state index contributed by atoms with van der Waals surface area (Å²) < 4.78 is 16.7. The first-order valence-corrected chi connectivity index (χ1v) is 9.72. The second kappa shape index (κ2) is 5.58. The minimum absolute atomic E-state index is 0.0580. The lowest BCUT2D eigenvalue weighted by atomic mass is 9.44. The summed E-state index contributed by atoms with van der Waals surface area (Å²) in [6.45, 7) is 2.71. The Labute approximate surface area is 158 Å². The van der Waals surface area contributed by atoms with E-state index in [-0.39, 0.29) is 24.5 Å². The Morgan fingerprint density at radius 1 is 1.30 bits per heavy atom. The number of halogens is 1. The number of Topliss-reactive ketones (excluding diaryl/α,β-unsaturated/α-hetero) is 1. The van der Waals surface area contributed by atoms with Gasteiger partial charge in [-0.25, -0.2) is 4.39 Å². The van der Waals surface area contributed by atoms with Gasteiger partial charge in [0, 0.05) is 16.7 Å². The first kappa shape index (κ1) is 19.0. The predicted molar refractivity (Wildman–Crippen MR) is 95.4 cm³/mol. The predicted octanol–water partition coefficient (Wildman–Crippen LogP) is 1.65. The summed E-state index contributed by atoms with van der Waals surface area (Å²) in [5, 5.41) is 31.5. The van der Waals surface area contributed by atoms with Crippen LogP contribution < -0.4 is 0 Å². The van der Waals surface area contributed by atoms with Gasteiger partial charge in [-0.3, -0.25) is 9.59 Å². The molecule has 0 spiro atoms. The van der Waals surface area contributed by atoms with E-state index in [1.54, 1.807) is 19.9 Å². The molecular formula is C21H27FO5. The molecule has 3 fully saturated rings. The van der Waals surface area contributed by atoms with Gasteiger partial charge in [0.25, 0.3) is 0 Å². The van der Waals surface area contributed by atoms with Gasteiger partial charge in [-0.1, -0.05) is 18.6 Å². The molecule has 4 aliphatic carbocycles. The van der Waals surface area contributed by atoms with Crippen molar-refractivity contribution in [3.63, 3.8) is 0 Å². The van der Waals surface area contributed by atoms with Crippen molar-refractivity contribution in [1.82, 2.24) is 0 Å². The maximum absolute atomic E-state index is 16.7. The molecule has 3 N–H and O–H groups in total. The fourth-order valence-corrected chi connectivity index (χ4v) is 6.80. The minimum atomic E-state index is -1.97. The zero-order valence-corrected chi connectivity index (χ0v) is 15.7. The summed E-state index contributed by atoms with van der Waals surface area (Å²) in [5.74, 6) is -1.64. The number of allylic oxidation sites excluding steroid dienone is 4. The molecule has 6 heteroatoms. The smallest absolute Gasteiger partial charge is 0.190 e. The summed E-state index contributed by atoms with van der Waals surface area (Å²) >= 11 is 0. The third-order valence-corrected chi connectivity index (χ3v) is 8.40. The van der Waals surface area contributed by atoms with E-state index in [0.717, 1.165) is 0 Å². The number of ketones is 2. The Kier molecular flexibility index (Phi) is 3.92. The standard InChI is InChI=1S/C21H27FO5/c1-18-7-5-13(24)9-12(18)3-4-15-14-6-8-20(27,17(26)11-23)19(14,2)10-16(25)21(15,18)22/h5,7,9,14-16,23,25,27H,3-4,6,8,10-11H2,1-2H3/t14-,15-,16?,18-,19-,20-,21?/m0/s1. The average Bonchev–Trinajstić information content (AvgIpc) is 2.88. The average molecular weight is 378 g/mol. The molecule has 0 saturated heterocycles. The van der Waals surface area contributed by atoms with Crippen LogP contribution in [-0.4, -0.2) is 50.9 Å². The van der Waals surface area contributed by atoms with Crippen molar-refractivity contribution in [2.45, 2.75) is 63.3 Å². The quantitative estimate of drug-likeness (QED) is 0.679. The van der Waals surface area contributed by atoms with Gasteiger partial charge in [-0.15, -0.1) is 0 Å². The van der Waals surface area contributed by atoms with E-state index in [1.165, 1.54) is 12.2 Å². The van der Waals surface area contributed by atoms with Crippen LogP contribution in [0.15, 0.2) is 23.8 Å². The molecule has 2 unspecified atom stereocenters. The van der Waals surface area contributed by atoms with E-state index in [9.17, 15) is 24.9 Å². The normalized spacial score (nSPS) is 51.3. The van der Waals surface area contributed by atoms with Crippen LogP contribution in [0.2, 0.25) is 0 Å². The number of alkyl halides is 1. The van der Waals surface area contributed by atoms with Crippen LogP contribution in [0.5, 0.6) is 0 Å². The summed E-state index contributed by atoms with van der Waals surface area (Å²) in [5.41, 5.74) is -5.07. The van der Waals surface area contributed by atoms with Gasteiger partial charge >= 0.3 is 0 Å². The largest absolute Gasteiger partial charge is 0.390 e. The summed E-state index contributed by atoms with van der Waals surface area (Å²) in [6, 6.07) is 0. The molecule has 27 heavy (non-hydrogen) atoms. The number of hydrogen-bond donors (Lipinski definition) is 3. The van der Waals surface area contributed by atoms with E-state index in [4.69, 9.17) is 0 Å². The second-order valence-electron chi connectivity index (χ2n) is 9.24. The summed E-state index contributed by atoms with van der Waals surface area (Å²) in [6.07, 6.45) is 4.65. The third-order valence-electron chi connectivity index (χ3n) is 8.40. The Hall–Kier alpha value is -1.37. The second-order valence-corrected chi connectivity index (χ2v) is 9.24. The van der Waals surface area contributed by atoms with Crippen LogP contribution in [0.25, 0.3) is 0 Å². The van der Waals surface area contributed by atoms with Gasteiger partial charge in [0.05, 0.1) is 6.10 Å². The molecule has 148 valence electrons. The Balaban J connectivity index is 1.81. The molecule has 0 bridgehead atoms. The molecule has 4 rings (SSSR count). The zero-order valence-electron chi connectivity index (χ0n) is 15.7. The van der Waals surface area contributed by atoms with Crippen LogP contribution in [0.3, 0.4) is 0 Å². The van der Waals surface area contributed by atoms with Crippen molar-refractivity contribution >= 4 is 11.6 Å². The molecule has 4 aliphatic rings. The lowest BCUT2D eigenvalue weighted by molar-refractivity contribution is -0.217. The molecule has 7 atom stereocenters. The maximum atomic E-state index is 16.7. The van der Waals surface area contributed by atoms with Crippen LogP contribution in [-0.2, 0) is 9.59 Å². The molecular weight excluding hydrogens is 351 g/mol. The van der Waals surface area contributed by atoms with Crippen LogP contribution >= 0.6 is 0 Å². The van der Waals surface area contributed by atoms with E-state index >= 15 is 4.39 Å². The molecule has 5 nitrogen and oxygen atoms in total. The first-order chi connectivity index (χ1) is 12.5. The van der Waals surface area contributed by atoms with Gasteiger partial charge in [0.2, 0.25) is 0 Å². The Bertz CT molecular complexity index is 775. The molecule has 0 aromatic carbocycles. The third kappa shape index (κ3) is 2.04. The molecule has 0 aromatic heterocycles. The number of fused-ring (bicyclic) bond motifs is 5. The minimum Gasteiger partial charge on any atom is -0.390 e. The van der Waals surface area contributed by atoms with E-state index < -0.39 is 46.5 Å². The van der Waals surface area contributed by atoms with E-state index in [0.29, 0.717) is 24.8 Å². The highest BCUT2D eigenvalue weighted by Crippen LogP contribution is 2.69. The Morgan fingerprint density at radius 2 is 2.00 bits per heavy atom. The summed E-state index contributed by atoms with van der Waals surface area (Å²) in [7, 11) is 0. The highest BCUT2D eigenvalue weighted by atomic mass is 19.1. The Morgan fingerprint density at radius 3 is 2.67 bits per heavy atom. The molecule has 0 heterocycles. The molecule has 0 aromatic rings. The highest BCUT2D eigenvalue weighted by Gasteiger charge is 2.73. The molecule has 0 radical (unpaired) electrons. The van der Waals surface area contributed by atoms with Crippen LogP contribution in [0.1, 0.15) is 46.0 Å². The van der Waals surface area contributed by atoms with Crippen molar-refractivity contribution in [3.05, 3.63) is 23.8 Å². The van der Waals surface area contributed by atoms with Crippen molar-refractivity contribution in [2.75, 3.05) is 6.61 Å². The van der Waals surface area contributed by atoms with Gasteiger partial charge in [0.1, 0.15) is 12.2 Å². The highest BCUT2D eigenvalue weighted by molar-refractivity contribution is 6.01. The van der Waals surface area contributed by atoms with Gasteiger partial charge in [-0.05, 0) is 57.1 Å². The molecule has 0 amide bonds. The SMILES string of the molecule is C[C@]12C=CC(=O)C=C1CC[C@H]1[C@@H]3CC[C@](O)(C(=O)CO)[C@@]3(C)CC(O)C12F. The topological polar surface area (TPSA) is 94.8 Å². The fourth-order valence-electron chi connectivity index (χ4n) is 6.80. The van der Waals surface area contributed by atoms with Crippen LogP contribution in [0, 0.1) is 22.7 Å². The number of carbonyl (C=O) groups excluding carboxylic acids is 2. The van der Waals surface area contributed by atoms with Crippen LogP contribution in [0.4, 0.5) is 4.39 Å². The zero-order chi connectivity index (χ0) is 19.8. The lowest BCUT2D eigenvalue weighted by Gasteiger charge is -2.62. The van der Waals surface area contributed by atoms with Gasteiger partial charge in [-0.2, -0.15) is 0 Å². The van der Waals surface area contributed by atoms with Gasteiger partial charge < -0.3 is 15.3 Å².